The minimum absolute atomic E-state index is 0.169. The summed E-state index contributed by atoms with van der Waals surface area (Å²) in [4.78, 5) is 11.7. The van der Waals surface area contributed by atoms with E-state index in [-0.39, 0.29) is 24.0 Å². The van der Waals surface area contributed by atoms with Gasteiger partial charge in [-0.2, -0.15) is 0 Å². The summed E-state index contributed by atoms with van der Waals surface area (Å²) in [6, 6.07) is 0.225. The van der Waals surface area contributed by atoms with Crippen LogP contribution in [0.5, 0.6) is 0 Å². The Kier molecular flexibility index (Phi) is 3.03. The first-order chi connectivity index (χ1) is 6.77. The lowest BCUT2D eigenvalue weighted by Gasteiger charge is -2.18. The van der Waals surface area contributed by atoms with Crippen molar-refractivity contribution in [1.29, 1.82) is 0 Å². The third-order valence-corrected chi connectivity index (χ3v) is 3.13. The van der Waals surface area contributed by atoms with Crippen LogP contribution in [0, 0.1) is 5.92 Å². The van der Waals surface area contributed by atoms with Gasteiger partial charge < -0.3 is 15.4 Å². The van der Waals surface area contributed by atoms with Crippen molar-refractivity contribution in [2.24, 2.45) is 5.92 Å². The third-order valence-electron chi connectivity index (χ3n) is 3.13. The number of rotatable bonds is 2. The Balaban J connectivity index is 1.81. The van der Waals surface area contributed by atoms with Gasteiger partial charge >= 0.3 is 0 Å². The molecule has 2 heterocycles. The van der Waals surface area contributed by atoms with E-state index in [2.05, 4.69) is 10.6 Å². The number of hydrogen-bond donors (Lipinski definition) is 2. The number of nitrogens with one attached hydrogen (secondary N) is 2. The zero-order valence-corrected chi connectivity index (χ0v) is 8.58. The molecule has 2 aliphatic heterocycles. The first-order valence-electron chi connectivity index (χ1n) is 5.40. The van der Waals surface area contributed by atoms with Crippen LogP contribution in [-0.2, 0) is 9.53 Å². The largest absolute Gasteiger partial charge is 0.376 e. The number of amides is 1. The van der Waals surface area contributed by atoms with E-state index in [4.69, 9.17) is 4.74 Å². The summed E-state index contributed by atoms with van der Waals surface area (Å²) >= 11 is 0. The van der Waals surface area contributed by atoms with Crippen LogP contribution in [0.1, 0.15) is 19.8 Å². The van der Waals surface area contributed by atoms with E-state index in [1.54, 1.807) is 0 Å². The van der Waals surface area contributed by atoms with Crippen LogP contribution in [0.2, 0.25) is 0 Å². The summed E-state index contributed by atoms with van der Waals surface area (Å²) in [5.41, 5.74) is 0. The molecular formula is C10H18N2O2. The van der Waals surface area contributed by atoms with E-state index < -0.39 is 0 Å². The molecule has 2 fully saturated rings. The fourth-order valence-corrected chi connectivity index (χ4v) is 2.10. The monoisotopic (exact) mass is 198 g/mol. The molecule has 2 saturated heterocycles. The van der Waals surface area contributed by atoms with Crippen LogP contribution in [0.3, 0.4) is 0 Å². The van der Waals surface area contributed by atoms with Crippen molar-refractivity contribution < 1.29 is 9.53 Å². The van der Waals surface area contributed by atoms with Gasteiger partial charge in [-0.05, 0) is 26.3 Å². The van der Waals surface area contributed by atoms with Gasteiger partial charge in [0.15, 0.2) is 0 Å². The maximum Gasteiger partial charge on any atom is 0.224 e. The maximum atomic E-state index is 11.7. The predicted molar refractivity (Wildman–Crippen MR) is 52.9 cm³/mol. The normalized spacial score (nSPS) is 37.4. The third kappa shape index (κ3) is 2.07. The van der Waals surface area contributed by atoms with Crippen LogP contribution in [-0.4, -0.2) is 37.7 Å². The molecule has 0 aliphatic carbocycles. The molecule has 4 nitrogen and oxygen atoms in total. The lowest BCUT2D eigenvalue weighted by atomic mass is 10.1. The van der Waals surface area contributed by atoms with Gasteiger partial charge in [0.05, 0.1) is 18.1 Å². The van der Waals surface area contributed by atoms with E-state index in [0.29, 0.717) is 0 Å². The van der Waals surface area contributed by atoms with Gasteiger partial charge in [-0.15, -0.1) is 0 Å². The van der Waals surface area contributed by atoms with Crippen LogP contribution in [0.4, 0.5) is 0 Å². The number of carbonyl (C=O) groups excluding carboxylic acids is 1. The van der Waals surface area contributed by atoms with Crippen molar-refractivity contribution in [3.8, 4) is 0 Å². The Labute approximate surface area is 84.4 Å². The standard InChI is InChI=1S/C10H18N2O2/c1-7-9(3-5-14-7)12-10(13)8-2-4-11-6-8/h7-9,11H,2-6H2,1H3,(H,12,13)/t7?,8-,9?/m0/s1. The molecule has 0 bridgehead atoms. The summed E-state index contributed by atoms with van der Waals surface area (Å²) in [6.45, 7) is 4.59. The first-order valence-corrected chi connectivity index (χ1v) is 5.40. The predicted octanol–water partition coefficient (Wildman–Crippen LogP) is -0.110. The molecule has 4 heteroatoms. The summed E-state index contributed by atoms with van der Waals surface area (Å²) in [5, 5.41) is 6.26. The van der Waals surface area contributed by atoms with Crippen molar-refractivity contribution >= 4 is 5.91 Å². The van der Waals surface area contributed by atoms with Gasteiger partial charge in [-0.3, -0.25) is 4.79 Å². The Hall–Kier alpha value is -0.610. The van der Waals surface area contributed by atoms with Gasteiger partial charge in [0.1, 0.15) is 0 Å². The average molecular weight is 198 g/mol. The number of carbonyl (C=O) groups is 1. The van der Waals surface area contributed by atoms with Gasteiger partial charge in [0.2, 0.25) is 5.91 Å². The molecule has 2 rings (SSSR count). The second-order valence-corrected chi connectivity index (χ2v) is 4.17. The second kappa shape index (κ2) is 4.28. The summed E-state index contributed by atoms with van der Waals surface area (Å²) in [6.07, 6.45) is 2.09. The van der Waals surface area contributed by atoms with Gasteiger partial charge in [-0.1, -0.05) is 0 Å². The fraction of sp³-hybridized carbons (Fsp3) is 0.900. The minimum Gasteiger partial charge on any atom is -0.376 e. The molecule has 1 amide bonds. The summed E-state index contributed by atoms with van der Waals surface area (Å²) in [5.74, 6) is 0.361. The van der Waals surface area contributed by atoms with Crippen LogP contribution in [0.15, 0.2) is 0 Å². The molecule has 3 atom stereocenters. The zero-order chi connectivity index (χ0) is 9.97. The van der Waals surface area contributed by atoms with Gasteiger partial charge in [0.25, 0.3) is 0 Å². The lowest BCUT2D eigenvalue weighted by molar-refractivity contribution is -0.125. The van der Waals surface area contributed by atoms with E-state index in [1.807, 2.05) is 6.92 Å². The van der Waals surface area contributed by atoms with Crippen LogP contribution in [0.25, 0.3) is 0 Å². The SMILES string of the molecule is CC1OCCC1NC(=O)[C@H]1CCNC1. The van der Waals surface area contributed by atoms with Crippen molar-refractivity contribution in [3.05, 3.63) is 0 Å². The molecule has 0 aromatic rings. The van der Waals surface area contributed by atoms with E-state index >= 15 is 0 Å². The molecule has 0 aromatic carbocycles. The maximum absolute atomic E-state index is 11.7. The second-order valence-electron chi connectivity index (χ2n) is 4.17. The molecule has 0 aromatic heterocycles. The van der Waals surface area contributed by atoms with Crippen molar-refractivity contribution in [2.45, 2.75) is 31.9 Å². The van der Waals surface area contributed by atoms with E-state index in [9.17, 15) is 4.79 Å². The van der Waals surface area contributed by atoms with Gasteiger partial charge in [0, 0.05) is 13.2 Å². The Morgan fingerprint density at radius 3 is 2.93 bits per heavy atom. The highest BCUT2D eigenvalue weighted by Gasteiger charge is 2.29. The number of ether oxygens (including phenoxy) is 1. The number of hydrogen-bond acceptors (Lipinski definition) is 3. The highest BCUT2D eigenvalue weighted by atomic mass is 16.5. The Morgan fingerprint density at radius 1 is 1.50 bits per heavy atom. The summed E-state index contributed by atoms with van der Waals surface area (Å²) in [7, 11) is 0. The van der Waals surface area contributed by atoms with Crippen molar-refractivity contribution in [1.82, 2.24) is 10.6 Å². The Bertz CT molecular complexity index is 214. The highest BCUT2D eigenvalue weighted by Crippen LogP contribution is 2.14. The smallest absolute Gasteiger partial charge is 0.224 e. The van der Waals surface area contributed by atoms with E-state index in [1.165, 1.54) is 0 Å². The molecule has 2 N–H and O–H groups in total. The topological polar surface area (TPSA) is 50.4 Å². The molecule has 80 valence electrons. The molecule has 0 saturated carbocycles. The van der Waals surface area contributed by atoms with Crippen LogP contribution >= 0.6 is 0 Å². The molecule has 2 aliphatic rings. The quantitative estimate of drug-likeness (QED) is 0.651. The molecule has 2 unspecified atom stereocenters. The highest BCUT2D eigenvalue weighted by molar-refractivity contribution is 5.79. The minimum atomic E-state index is 0.169. The van der Waals surface area contributed by atoms with Crippen LogP contribution < -0.4 is 10.6 Å². The van der Waals surface area contributed by atoms with E-state index in [0.717, 1.165) is 32.5 Å². The molecule has 14 heavy (non-hydrogen) atoms. The summed E-state index contributed by atoms with van der Waals surface area (Å²) < 4.78 is 5.40. The van der Waals surface area contributed by atoms with Crippen molar-refractivity contribution in [2.75, 3.05) is 19.7 Å². The molecular weight excluding hydrogens is 180 g/mol. The Morgan fingerprint density at radius 2 is 2.36 bits per heavy atom. The lowest BCUT2D eigenvalue weighted by Crippen LogP contribution is -2.42. The molecule has 0 radical (unpaired) electrons. The van der Waals surface area contributed by atoms with Gasteiger partial charge in [-0.25, -0.2) is 0 Å². The van der Waals surface area contributed by atoms with Crippen molar-refractivity contribution in [3.63, 3.8) is 0 Å². The fourth-order valence-electron chi connectivity index (χ4n) is 2.10. The molecule has 0 spiro atoms. The zero-order valence-electron chi connectivity index (χ0n) is 8.58. The average Bonchev–Trinajstić information content (AvgIpc) is 2.77. The first kappa shape index (κ1) is 9.93.